The minimum Gasteiger partial charge on any atom is -0.469 e. The van der Waals surface area contributed by atoms with Crippen LogP contribution in [0.25, 0.3) is 0 Å². The maximum absolute atomic E-state index is 13.7. The third-order valence-corrected chi connectivity index (χ3v) is 10.5. The predicted octanol–water partition coefficient (Wildman–Crippen LogP) is 2.18. The largest absolute Gasteiger partial charge is 0.469 e. The van der Waals surface area contributed by atoms with Gasteiger partial charge in [-0.15, -0.1) is 0 Å². The molecule has 3 N–H and O–H groups in total. The number of benzene rings is 1. The molecule has 0 fully saturated rings. The van der Waals surface area contributed by atoms with E-state index in [-0.39, 0.29) is 39.3 Å². The summed E-state index contributed by atoms with van der Waals surface area (Å²) >= 11 is 0.317. The molecule has 20 heteroatoms. The van der Waals surface area contributed by atoms with Crippen molar-refractivity contribution in [1.29, 1.82) is 0 Å². The van der Waals surface area contributed by atoms with E-state index in [9.17, 15) is 38.1 Å². The van der Waals surface area contributed by atoms with Crippen molar-refractivity contribution < 1.29 is 70.9 Å². The highest BCUT2D eigenvalue weighted by Gasteiger charge is 2.38. The number of nitrogens with one attached hydrogen (secondary N) is 3. The second kappa shape index (κ2) is 24.1. The van der Waals surface area contributed by atoms with Crippen molar-refractivity contribution in [2.45, 2.75) is 76.9 Å². The molecule has 1 aromatic rings. The van der Waals surface area contributed by atoms with Gasteiger partial charge in [-0.3, -0.25) is 28.5 Å². The first-order valence-electron chi connectivity index (χ1n) is 15.8. The minimum atomic E-state index is -4.39. The quantitative estimate of drug-likeness (QED) is 0.0823. The molecule has 0 aromatic heterocycles. The Kier molecular flexibility index (Phi) is 21.2. The number of rotatable bonds is 23. The summed E-state index contributed by atoms with van der Waals surface area (Å²) in [6, 6.07) is 4.26. The summed E-state index contributed by atoms with van der Waals surface area (Å²) in [4.78, 5) is 88.4. The first-order valence-corrected chi connectivity index (χ1v) is 18.9. The number of amides is 3. The highest BCUT2D eigenvalue weighted by molar-refractivity contribution is 8.55. The van der Waals surface area contributed by atoms with Gasteiger partial charge in [0, 0.05) is 13.5 Å². The lowest BCUT2D eigenvalue weighted by Crippen LogP contribution is -2.57. The topological polar surface area (TPSA) is 237 Å². The van der Waals surface area contributed by atoms with E-state index in [1.165, 1.54) is 13.8 Å². The molecule has 18 nitrogen and oxygen atoms in total. The van der Waals surface area contributed by atoms with E-state index in [0.717, 1.165) is 14.2 Å². The maximum atomic E-state index is 13.7. The molecule has 0 heterocycles. The van der Waals surface area contributed by atoms with Crippen LogP contribution in [-0.4, -0.2) is 106 Å². The van der Waals surface area contributed by atoms with E-state index in [1.807, 2.05) is 0 Å². The van der Waals surface area contributed by atoms with Crippen molar-refractivity contribution in [3.63, 3.8) is 0 Å². The molecule has 2 unspecified atom stereocenters. The minimum absolute atomic E-state index is 0.0118. The number of carbonyl (C=O) groups is 7. The number of carbonyl (C=O) groups excluding carboxylic acids is 7. The molecule has 0 aliphatic carbocycles. The highest BCUT2D eigenvalue weighted by atomic mass is 32.7. The van der Waals surface area contributed by atoms with Crippen LogP contribution in [-0.2, 0) is 72.7 Å². The van der Waals surface area contributed by atoms with Crippen LogP contribution in [0.1, 0.15) is 52.5 Å². The van der Waals surface area contributed by atoms with Gasteiger partial charge in [0.05, 0.1) is 40.0 Å². The number of alkyl carbamates (subject to hydrolysis) is 1. The van der Waals surface area contributed by atoms with E-state index in [1.54, 1.807) is 44.2 Å². The standard InChI is InChI=1S/C31H46N3O15PS/c1-7-45-26(36)17-24(30(40)47-9-3)51-50(42,44-6)49-19-23(28(38)32-20(4)29(39)46-8-2)33-27(37)22(15-16-25(35)43-5)34-31(41)48-18-21-13-11-10-12-14-21/h10-14,20,22-24H,7-9,15-19H2,1-6H3,(H,32,38)(H,33,37)(H,34,41)/t20-,22-,23-,24?,50?/m0/s1. The Morgan fingerprint density at radius 3 is 1.96 bits per heavy atom. The van der Waals surface area contributed by atoms with Crippen LogP contribution in [0.3, 0.4) is 0 Å². The fourth-order valence-corrected chi connectivity index (χ4v) is 7.15. The van der Waals surface area contributed by atoms with Crippen LogP contribution in [0.5, 0.6) is 0 Å². The zero-order chi connectivity index (χ0) is 38.4. The monoisotopic (exact) mass is 763 g/mol. The lowest BCUT2D eigenvalue weighted by Gasteiger charge is -2.26. The molecule has 1 rings (SSSR count). The second-order valence-corrected chi connectivity index (χ2v) is 14.5. The van der Waals surface area contributed by atoms with E-state index in [2.05, 4.69) is 20.7 Å². The Labute approximate surface area is 299 Å². The first-order chi connectivity index (χ1) is 24.2. The summed E-state index contributed by atoms with van der Waals surface area (Å²) in [5.74, 6) is -5.23. The molecular formula is C31H46N3O15PS. The summed E-state index contributed by atoms with van der Waals surface area (Å²) < 4.78 is 48.8. The van der Waals surface area contributed by atoms with E-state index >= 15 is 0 Å². The van der Waals surface area contributed by atoms with E-state index in [0.29, 0.717) is 16.9 Å². The summed E-state index contributed by atoms with van der Waals surface area (Å²) in [7, 11) is 2.12. The number of hydrogen-bond donors (Lipinski definition) is 3. The molecule has 0 spiro atoms. The molecule has 0 saturated heterocycles. The lowest BCUT2D eigenvalue weighted by atomic mass is 10.1. The van der Waals surface area contributed by atoms with Gasteiger partial charge in [0.25, 0.3) is 0 Å². The smallest absolute Gasteiger partial charge is 0.408 e. The normalized spacial score (nSPS) is 14.2. The van der Waals surface area contributed by atoms with E-state index < -0.39 is 85.0 Å². The van der Waals surface area contributed by atoms with Crippen molar-refractivity contribution in [2.24, 2.45) is 0 Å². The molecule has 0 radical (unpaired) electrons. The molecule has 5 atom stereocenters. The van der Waals surface area contributed by atoms with Gasteiger partial charge >= 0.3 is 36.8 Å². The SMILES string of the molecule is CCOC(=O)CC(SP(=O)(OC)OC[C@H](NC(=O)[C@H](CCC(=O)OC)NC(=O)OCc1ccccc1)C(=O)N[C@@H](C)C(=O)OCC)C(=O)OCC. The van der Waals surface area contributed by atoms with Crippen LogP contribution >= 0.6 is 18.2 Å². The van der Waals surface area contributed by atoms with Crippen LogP contribution in [0.2, 0.25) is 0 Å². The third-order valence-electron chi connectivity index (χ3n) is 6.40. The van der Waals surface area contributed by atoms with Crippen LogP contribution in [0.4, 0.5) is 4.79 Å². The van der Waals surface area contributed by atoms with Crippen LogP contribution in [0.15, 0.2) is 30.3 Å². The number of methoxy groups -OCH3 is 1. The average molecular weight is 764 g/mol. The Morgan fingerprint density at radius 2 is 1.37 bits per heavy atom. The first kappa shape index (κ1) is 44.8. The fourth-order valence-electron chi connectivity index (χ4n) is 3.85. The molecule has 0 aliphatic heterocycles. The van der Waals surface area contributed by atoms with Crippen molar-refractivity contribution >= 4 is 60.0 Å². The molecule has 286 valence electrons. The molecular weight excluding hydrogens is 717 g/mol. The highest BCUT2D eigenvalue weighted by Crippen LogP contribution is 2.62. The summed E-state index contributed by atoms with van der Waals surface area (Å²) in [6.07, 6.45) is -2.20. The van der Waals surface area contributed by atoms with Gasteiger partial charge in [0.1, 0.15) is 30.0 Å². The average Bonchev–Trinajstić information content (AvgIpc) is 3.10. The number of esters is 4. The van der Waals surface area contributed by atoms with Gasteiger partial charge in [-0.05, 0) is 51.1 Å². The fraction of sp³-hybridized carbons (Fsp3) is 0.581. The number of hydrogen-bond acceptors (Lipinski definition) is 16. The van der Waals surface area contributed by atoms with Crippen molar-refractivity contribution in [2.75, 3.05) is 40.6 Å². The van der Waals surface area contributed by atoms with Crippen molar-refractivity contribution in [1.82, 2.24) is 16.0 Å². The Balaban J connectivity index is 3.30. The third kappa shape index (κ3) is 17.5. The molecule has 0 aliphatic rings. The Morgan fingerprint density at radius 1 is 0.765 bits per heavy atom. The summed E-state index contributed by atoms with van der Waals surface area (Å²) in [6.45, 7) is 0.506. The zero-order valence-corrected chi connectivity index (χ0v) is 31.0. The molecule has 1 aromatic carbocycles. The van der Waals surface area contributed by atoms with Gasteiger partial charge in [-0.1, -0.05) is 30.3 Å². The Bertz CT molecular complexity index is 1370. The summed E-state index contributed by atoms with van der Waals surface area (Å²) in [5.41, 5.74) is 0.653. The van der Waals surface area contributed by atoms with Gasteiger partial charge in [-0.25, -0.2) is 14.2 Å². The Hall–Kier alpha value is -4.19. The second-order valence-electron chi connectivity index (χ2n) is 10.2. The maximum Gasteiger partial charge on any atom is 0.408 e. The van der Waals surface area contributed by atoms with Gasteiger partial charge < -0.3 is 44.2 Å². The van der Waals surface area contributed by atoms with Crippen LogP contribution < -0.4 is 16.0 Å². The van der Waals surface area contributed by atoms with Gasteiger partial charge in [0.2, 0.25) is 11.8 Å². The van der Waals surface area contributed by atoms with Crippen molar-refractivity contribution in [3.8, 4) is 0 Å². The molecule has 0 bridgehead atoms. The lowest BCUT2D eigenvalue weighted by molar-refractivity contribution is -0.149. The van der Waals surface area contributed by atoms with Crippen LogP contribution in [0, 0.1) is 0 Å². The predicted molar refractivity (Wildman–Crippen MR) is 181 cm³/mol. The molecule has 0 saturated carbocycles. The van der Waals surface area contributed by atoms with Crippen molar-refractivity contribution in [3.05, 3.63) is 35.9 Å². The zero-order valence-electron chi connectivity index (χ0n) is 29.3. The molecule has 51 heavy (non-hydrogen) atoms. The van der Waals surface area contributed by atoms with Gasteiger partial charge in [-0.2, -0.15) is 0 Å². The number of ether oxygens (including phenoxy) is 5. The summed E-state index contributed by atoms with van der Waals surface area (Å²) in [5, 5.41) is 5.64. The molecule has 3 amide bonds. The van der Waals surface area contributed by atoms with E-state index in [4.69, 9.17) is 28.0 Å². The van der Waals surface area contributed by atoms with Gasteiger partial charge in [0.15, 0.2) is 0 Å².